The summed E-state index contributed by atoms with van der Waals surface area (Å²) in [5.41, 5.74) is 5.09. The normalized spacial score (nSPS) is 13.2. The molecule has 0 unspecified atom stereocenters. The number of anilines is 1. The first kappa shape index (κ1) is 15.8. The number of fused-ring (bicyclic) bond motifs is 1. The average molecular weight is 309 g/mol. The van der Waals surface area contributed by atoms with Gasteiger partial charge in [-0.1, -0.05) is 42.5 Å². The molecule has 120 valence electrons. The minimum Gasteiger partial charge on any atom is -0.396 e. The zero-order chi connectivity index (χ0) is 16.1. The molecule has 1 amide bonds. The second-order valence-corrected chi connectivity index (χ2v) is 6.02. The van der Waals surface area contributed by atoms with Crippen LogP contribution in [0.1, 0.15) is 29.5 Å². The van der Waals surface area contributed by atoms with E-state index in [4.69, 9.17) is 5.11 Å². The molecule has 23 heavy (non-hydrogen) atoms. The molecule has 0 saturated heterocycles. The maximum absolute atomic E-state index is 12.1. The molecule has 0 fully saturated rings. The van der Waals surface area contributed by atoms with Crippen LogP contribution in [0.2, 0.25) is 0 Å². The minimum absolute atomic E-state index is 0.0210. The fourth-order valence-electron chi connectivity index (χ4n) is 3.36. The van der Waals surface area contributed by atoms with Crippen LogP contribution in [0.25, 0.3) is 0 Å². The van der Waals surface area contributed by atoms with Crippen molar-refractivity contribution in [2.45, 2.75) is 32.1 Å². The van der Waals surface area contributed by atoms with Crippen LogP contribution in [0.4, 0.5) is 5.69 Å². The van der Waals surface area contributed by atoms with Gasteiger partial charge in [0.05, 0.1) is 13.0 Å². The van der Waals surface area contributed by atoms with Gasteiger partial charge in [-0.2, -0.15) is 0 Å². The Balaban J connectivity index is 1.67. The van der Waals surface area contributed by atoms with Gasteiger partial charge in [-0.3, -0.25) is 4.79 Å². The number of hydrogen-bond acceptors (Lipinski definition) is 2. The molecule has 0 aromatic heterocycles. The molecule has 1 N–H and O–H groups in total. The van der Waals surface area contributed by atoms with Crippen molar-refractivity contribution in [2.75, 3.05) is 18.1 Å². The van der Waals surface area contributed by atoms with E-state index in [1.54, 1.807) is 0 Å². The van der Waals surface area contributed by atoms with Crippen LogP contribution in [0, 0.1) is 0 Å². The topological polar surface area (TPSA) is 40.5 Å². The van der Waals surface area contributed by atoms with E-state index >= 15 is 0 Å². The van der Waals surface area contributed by atoms with E-state index in [1.807, 2.05) is 23.1 Å². The lowest BCUT2D eigenvalue weighted by Crippen LogP contribution is -2.29. The van der Waals surface area contributed by atoms with Crippen LogP contribution < -0.4 is 4.90 Å². The lowest BCUT2D eigenvalue weighted by molar-refractivity contribution is -0.119. The zero-order valence-corrected chi connectivity index (χ0v) is 13.4. The molecular formula is C20H23NO2. The van der Waals surface area contributed by atoms with Crippen LogP contribution in [-0.4, -0.2) is 24.2 Å². The molecule has 2 aromatic carbocycles. The number of aliphatic hydroxyl groups excluding tert-OH is 1. The summed E-state index contributed by atoms with van der Waals surface area (Å²) in [6, 6.07) is 16.8. The van der Waals surface area contributed by atoms with Gasteiger partial charge in [-0.25, -0.2) is 0 Å². The molecule has 3 nitrogen and oxygen atoms in total. The number of aryl methyl sites for hydroxylation is 2. The fourth-order valence-corrected chi connectivity index (χ4v) is 3.36. The third kappa shape index (κ3) is 3.62. The second kappa shape index (κ2) is 7.42. The Hall–Kier alpha value is -2.13. The molecule has 3 heteroatoms. The van der Waals surface area contributed by atoms with Gasteiger partial charge in [0, 0.05) is 12.2 Å². The van der Waals surface area contributed by atoms with Gasteiger partial charge in [-0.05, 0) is 48.4 Å². The van der Waals surface area contributed by atoms with Crippen molar-refractivity contribution in [3.8, 4) is 0 Å². The Labute approximate surface area is 137 Å². The highest BCUT2D eigenvalue weighted by Crippen LogP contribution is 2.32. The number of nitrogens with zero attached hydrogens (tertiary/aromatic N) is 1. The van der Waals surface area contributed by atoms with Gasteiger partial charge in [-0.15, -0.1) is 0 Å². The Morgan fingerprint density at radius 2 is 1.87 bits per heavy atom. The van der Waals surface area contributed by atoms with E-state index in [0.717, 1.165) is 37.9 Å². The Morgan fingerprint density at radius 3 is 2.65 bits per heavy atom. The molecule has 0 radical (unpaired) electrons. The minimum atomic E-state index is -0.0819. The first-order valence-electron chi connectivity index (χ1n) is 8.35. The molecule has 1 aliphatic heterocycles. The lowest BCUT2D eigenvalue weighted by Gasteiger charge is -2.17. The first-order chi connectivity index (χ1) is 11.3. The molecule has 0 atom stereocenters. The zero-order valence-electron chi connectivity index (χ0n) is 13.4. The van der Waals surface area contributed by atoms with Gasteiger partial charge in [0.1, 0.15) is 0 Å². The molecule has 0 saturated carbocycles. The molecule has 0 bridgehead atoms. The molecule has 2 aromatic rings. The number of benzene rings is 2. The first-order valence-corrected chi connectivity index (χ1v) is 8.35. The van der Waals surface area contributed by atoms with Crippen LogP contribution in [-0.2, 0) is 24.1 Å². The highest BCUT2D eigenvalue weighted by Gasteiger charge is 2.25. The Bertz CT molecular complexity index is 667. The van der Waals surface area contributed by atoms with Crippen molar-refractivity contribution in [2.24, 2.45) is 0 Å². The second-order valence-electron chi connectivity index (χ2n) is 6.02. The van der Waals surface area contributed by atoms with E-state index in [9.17, 15) is 4.79 Å². The summed E-state index contributed by atoms with van der Waals surface area (Å²) in [6.07, 6.45) is 4.37. The maximum atomic E-state index is 12.1. The SMILES string of the molecule is O=C(CCO)N1CCc2c(CCCc3ccccc3)cccc21. The highest BCUT2D eigenvalue weighted by molar-refractivity contribution is 5.95. The molecule has 0 aliphatic carbocycles. The molecular weight excluding hydrogens is 286 g/mol. The molecule has 3 rings (SSSR count). The number of rotatable bonds is 6. The summed E-state index contributed by atoms with van der Waals surface area (Å²) in [5, 5.41) is 8.98. The number of hydrogen-bond donors (Lipinski definition) is 1. The van der Waals surface area contributed by atoms with Crippen LogP contribution in [0.15, 0.2) is 48.5 Å². The number of amides is 1. The van der Waals surface area contributed by atoms with Crippen LogP contribution in [0.3, 0.4) is 0 Å². The highest BCUT2D eigenvalue weighted by atomic mass is 16.3. The van der Waals surface area contributed by atoms with E-state index in [1.165, 1.54) is 16.7 Å². The van der Waals surface area contributed by atoms with Crippen molar-refractivity contribution >= 4 is 11.6 Å². The number of carbonyl (C=O) groups is 1. The standard InChI is InChI=1S/C20H23NO2/c22-15-13-20(23)21-14-12-18-17(10-5-11-19(18)21)9-4-8-16-6-2-1-3-7-16/h1-3,5-7,10-11,22H,4,8-9,12-15H2. The summed E-state index contributed by atoms with van der Waals surface area (Å²) < 4.78 is 0. The average Bonchev–Trinajstić information content (AvgIpc) is 3.01. The van der Waals surface area contributed by atoms with Gasteiger partial charge in [0.2, 0.25) is 5.91 Å². The quantitative estimate of drug-likeness (QED) is 0.890. The Kier molecular flexibility index (Phi) is 5.09. The van der Waals surface area contributed by atoms with E-state index in [-0.39, 0.29) is 18.9 Å². The van der Waals surface area contributed by atoms with Gasteiger partial charge >= 0.3 is 0 Å². The summed E-state index contributed by atoms with van der Waals surface area (Å²) in [4.78, 5) is 13.9. The third-order valence-electron chi connectivity index (χ3n) is 4.51. The largest absolute Gasteiger partial charge is 0.396 e. The van der Waals surface area contributed by atoms with Crippen LogP contribution >= 0.6 is 0 Å². The summed E-state index contributed by atoms with van der Waals surface area (Å²) in [5.74, 6) is 0.0210. The number of aliphatic hydroxyl groups is 1. The lowest BCUT2D eigenvalue weighted by atomic mass is 9.98. The summed E-state index contributed by atoms with van der Waals surface area (Å²) in [7, 11) is 0. The van der Waals surface area contributed by atoms with Gasteiger partial charge < -0.3 is 10.0 Å². The monoisotopic (exact) mass is 309 g/mol. The molecule has 0 spiro atoms. The van der Waals surface area contributed by atoms with E-state index in [0.29, 0.717) is 0 Å². The third-order valence-corrected chi connectivity index (χ3v) is 4.51. The smallest absolute Gasteiger partial charge is 0.229 e. The van der Waals surface area contributed by atoms with Crippen molar-refractivity contribution in [1.29, 1.82) is 0 Å². The molecule has 1 heterocycles. The van der Waals surface area contributed by atoms with Crippen molar-refractivity contribution in [3.05, 3.63) is 65.2 Å². The fraction of sp³-hybridized carbons (Fsp3) is 0.350. The predicted octanol–water partition coefficient (Wildman–Crippen LogP) is 3.13. The van der Waals surface area contributed by atoms with E-state index < -0.39 is 0 Å². The van der Waals surface area contributed by atoms with Crippen molar-refractivity contribution < 1.29 is 9.90 Å². The van der Waals surface area contributed by atoms with Crippen molar-refractivity contribution in [1.82, 2.24) is 0 Å². The van der Waals surface area contributed by atoms with Gasteiger partial charge in [0.25, 0.3) is 0 Å². The number of carbonyl (C=O) groups excluding carboxylic acids is 1. The Morgan fingerprint density at radius 1 is 1.04 bits per heavy atom. The van der Waals surface area contributed by atoms with E-state index in [2.05, 4.69) is 30.3 Å². The van der Waals surface area contributed by atoms with Crippen LogP contribution in [0.5, 0.6) is 0 Å². The van der Waals surface area contributed by atoms with Crippen molar-refractivity contribution in [3.63, 3.8) is 0 Å². The summed E-state index contributed by atoms with van der Waals surface area (Å²) >= 11 is 0. The maximum Gasteiger partial charge on any atom is 0.229 e. The summed E-state index contributed by atoms with van der Waals surface area (Å²) in [6.45, 7) is 0.658. The predicted molar refractivity (Wildman–Crippen MR) is 92.7 cm³/mol. The molecule has 1 aliphatic rings. The van der Waals surface area contributed by atoms with Gasteiger partial charge in [0.15, 0.2) is 0 Å².